The molecule has 1 aromatic rings. The normalized spacial score (nSPS) is 15.0. The Kier molecular flexibility index (Phi) is 4.73. The second-order valence-electron chi connectivity index (χ2n) is 5.87. The molecule has 0 aromatic carbocycles. The first-order chi connectivity index (χ1) is 9.95. The van der Waals surface area contributed by atoms with Crippen molar-refractivity contribution >= 4 is 27.9 Å². The van der Waals surface area contributed by atoms with Gasteiger partial charge in [-0.2, -0.15) is 5.26 Å². The fraction of sp³-hybridized carbons (Fsp3) is 0.600. The molecular weight excluding hydrogens is 284 g/mol. The average molecular weight is 306 g/mol. The Labute approximate surface area is 129 Å². The molecule has 0 atom stereocenters. The summed E-state index contributed by atoms with van der Waals surface area (Å²) in [5, 5.41) is 10.2. The summed E-state index contributed by atoms with van der Waals surface area (Å²) < 4.78 is 0. The van der Waals surface area contributed by atoms with Crippen LogP contribution in [0.4, 0.5) is 10.7 Å². The summed E-state index contributed by atoms with van der Waals surface area (Å²) in [6.07, 6.45) is 5.08. The van der Waals surface area contributed by atoms with Crippen LogP contribution >= 0.6 is 11.3 Å². The van der Waals surface area contributed by atoms with Crippen LogP contribution in [0.3, 0.4) is 0 Å². The molecule has 5 nitrogen and oxygen atoms in total. The molecule has 21 heavy (non-hydrogen) atoms. The molecule has 1 amide bonds. The van der Waals surface area contributed by atoms with Crippen molar-refractivity contribution < 1.29 is 4.79 Å². The number of nitrogens with zero attached hydrogens (tertiary/aromatic N) is 3. The minimum Gasteiger partial charge on any atom is -0.396 e. The van der Waals surface area contributed by atoms with Gasteiger partial charge in [0.05, 0.1) is 5.69 Å². The molecule has 0 radical (unpaired) electrons. The van der Waals surface area contributed by atoms with Crippen molar-refractivity contribution in [3.63, 3.8) is 0 Å². The SMILES string of the molecule is CN(C)C(=O)c1sc(N(C)CC2CCCC2)c(C#N)c1N. The fourth-order valence-corrected chi connectivity index (χ4v) is 4.00. The van der Waals surface area contributed by atoms with E-state index in [2.05, 4.69) is 11.0 Å². The maximum absolute atomic E-state index is 12.1. The van der Waals surface area contributed by atoms with Gasteiger partial charge in [-0.05, 0) is 18.8 Å². The summed E-state index contributed by atoms with van der Waals surface area (Å²) in [5.41, 5.74) is 6.76. The van der Waals surface area contributed by atoms with Crippen LogP contribution in [0, 0.1) is 17.2 Å². The Morgan fingerprint density at radius 2 is 2.00 bits per heavy atom. The van der Waals surface area contributed by atoms with Gasteiger partial charge in [-0.25, -0.2) is 0 Å². The molecule has 1 aromatic heterocycles. The monoisotopic (exact) mass is 306 g/mol. The first-order valence-electron chi connectivity index (χ1n) is 7.20. The van der Waals surface area contributed by atoms with Crippen LogP contribution in [-0.4, -0.2) is 38.5 Å². The Morgan fingerprint density at radius 1 is 1.38 bits per heavy atom. The standard InChI is InChI=1S/C15H22N4OS/c1-18(2)14(20)13-12(17)11(8-16)15(21-13)19(3)9-10-6-4-5-7-10/h10H,4-7,9,17H2,1-3H3. The number of carbonyl (C=O) groups excluding carboxylic acids is 1. The van der Waals surface area contributed by atoms with Gasteiger partial charge < -0.3 is 15.5 Å². The van der Waals surface area contributed by atoms with Gasteiger partial charge in [0, 0.05) is 27.7 Å². The molecule has 0 unspecified atom stereocenters. The van der Waals surface area contributed by atoms with Crippen LogP contribution in [0.15, 0.2) is 0 Å². The molecule has 1 fully saturated rings. The lowest BCUT2D eigenvalue weighted by atomic mass is 10.1. The molecule has 114 valence electrons. The number of carbonyl (C=O) groups is 1. The number of hydrogen-bond donors (Lipinski definition) is 1. The second-order valence-corrected chi connectivity index (χ2v) is 6.87. The van der Waals surface area contributed by atoms with Crippen LogP contribution in [0.25, 0.3) is 0 Å². The molecule has 1 aliphatic rings. The van der Waals surface area contributed by atoms with Gasteiger partial charge in [-0.3, -0.25) is 4.79 Å². The number of nitrogen functional groups attached to an aromatic ring is 1. The van der Waals surface area contributed by atoms with Gasteiger partial charge in [0.2, 0.25) is 0 Å². The predicted octanol–water partition coefficient (Wildman–Crippen LogP) is 2.53. The van der Waals surface area contributed by atoms with Crippen LogP contribution < -0.4 is 10.6 Å². The summed E-state index contributed by atoms with van der Waals surface area (Å²) in [5.74, 6) is 0.535. The van der Waals surface area contributed by atoms with Crippen molar-refractivity contribution in [3.05, 3.63) is 10.4 Å². The zero-order valence-corrected chi connectivity index (χ0v) is 13.7. The quantitative estimate of drug-likeness (QED) is 0.927. The van der Waals surface area contributed by atoms with Gasteiger partial charge in [0.1, 0.15) is 21.5 Å². The van der Waals surface area contributed by atoms with Gasteiger partial charge >= 0.3 is 0 Å². The summed E-state index contributed by atoms with van der Waals surface area (Å²) in [6.45, 7) is 0.921. The van der Waals surface area contributed by atoms with Crippen molar-refractivity contribution in [2.45, 2.75) is 25.7 Å². The molecule has 0 aliphatic heterocycles. The van der Waals surface area contributed by atoms with E-state index in [1.54, 1.807) is 14.1 Å². The summed E-state index contributed by atoms with van der Waals surface area (Å²) in [4.78, 5) is 16.2. The smallest absolute Gasteiger partial charge is 0.265 e. The van der Waals surface area contributed by atoms with Crippen molar-refractivity contribution in [1.29, 1.82) is 5.26 Å². The van der Waals surface area contributed by atoms with E-state index in [1.807, 2.05) is 7.05 Å². The van der Waals surface area contributed by atoms with E-state index in [4.69, 9.17) is 5.73 Å². The average Bonchev–Trinajstić information content (AvgIpc) is 3.05. The summed E-state index contributed by atoms with van der Waals surface area (Å²) in [7, 11) is 5.36. The minimum atomic E-state index is -0.144. The van der Waals surface area contributed by atoms with E-state index < -0.39 is 0 Å². The maximum Gasteiger partial charge on any atom is 0.265 e. The molecule has 0 saturated heterocycles. The Bertz CT molecular complexity index is 567. The topological polar surface area (TPSA) is 73.4 Å². The van der Waals surface area contributed by atoms with E-state index in [0.29, 0.717) is 22.0 Å². The van der Waals surface area contributed by atoms with Gasteiger partial charge in [-0.1, -0.05) is 12.8 Å². The lowest BCUT2D eigenvalue weighted by Gasteiger charge is -2.21. The Balaban J connectivity index is 2.28. The molecule has 6 heteroatoms. The number of thiophene rings is 1. The fourth-order valence-electron chi connectivity index (χ4n) is 2.83. The summed E-state index contributed by atoms with van der Waals surface area (Å²) >= 11 is 1.33. The van der Waals surface area contributed by atoms with Crippen molar-refractivity contribution in [3.8, 4) is 6.07 Å². The Morgan fingerprint density at radius 3 is 2.52 bits per heavy atom. The number of rotatable bonds is 4. The molecule has 1 saturated carbocycles. The largest absolute Gasteiger partial charge is 0.396 e. The van der Waals surface area contributed by atoms with E-state index in [0.717, 1.165) is 11.5 Å². The second kappa shape index (κ2) is 6.35. The van der Waals surface area contributed by atoms with Crippen molar-refractivity contribution in [2.24, 2.45) is 5.92 Å². The van der Waals surface area contributed by atoms with Gasteiger partial charge in [0.25, 0.3) is 5.91 Å². The van der Waals surface area contributed by atoms with E-state index in [9.17, 15) is 10.1 Å². The highest BCUT2D eigenvalue weighted by Crippen LogP contribution is 2.39. The number of amides is 1. The minimum absolute atomic E-state index is 0.144. The first kappa shape index (κ1) is 15.6. The third kappa shape index (κ3) is 3.13. The third-order valence-electron chi connectivity index (χ3n) is 3.99. The van der Waals surface area contributed by atoms with Crippen LogP contribution in [-0.2, 0) is 0 Å². The molecule has 2 rings (SSSR count). The van der Waals surface area contributed by atoms with Gasteiger partial charge in [-0.15, -0.1) is 11.3 Å². The predicted molar refractivity (Wildman–Crippen MR) is 86.7 cm³/mol. The van der Waals surface area contributed by atoms with E-state index >= 15 is 0 Å². The van der Waals surface area contributed by atoms with Crippen molar-refractivity contribution in [2.75, 3.05) is 38.3 Å². The van der Waals surface area contributed by atoms with E-state index in [1.165, 1.54) is 41.9 Å². The van der Waals surface area contributed by atoms with Gasteiger partial charge in [0.15, 0.2) is 0 Å². The van der Waals surface area contributed by atoms with Crippen LogP contribution in [0.5, 0.6) is 0 Å². The number of nitrogens with two attached hydrogens (primary N) is 1. The third-order valence-corrected chi connectivity index (χ3v) is 5.30. The molecule has 1 aliphatic carbocycles. The number of nitriles is 1. The molecule has 0 spiro atoms. The molecule has 1 heterocycles. The zero-order valence-electron chi connectivity index (χ0n) is 12.8. The molecule has 2 N–H and O–H groups in total. The van der Waals surface area contributed by atoms with Crippen LogP contribution in [0.2, 0.25) is 0 Å². The maximum atomic E-state index is 12.1. The first-order valence-corrected chi connectivity index (χ1v) is 8.02. The van der Waals surface area contributed by atoms with Crippen LogP contribution in [0.1, 0.15) is 40.9 Å². The highest BCUT2D eigenvalue weighted by atomic mass is 32.1. The summed E-state index contributed by atoms with van der Waals surface area (Å²) in [6, 6.07) is 2.16. The lowest BCUT2D eigenvalue weighted by Crippen LogP contribution is -2.23. The Hall–Kier alpha value is -1.74. The highest BCUT2D eigenvalue weighted by molar-refractivity contribution is 7.19. The molecular formula is C15H22N4OS. The van der Waals surface area contributed by atoms with Crippen molar-refractivity contribution in [1.82, 2.24) is 4.90 Å². The van der Waals surface area contributed by atoms with E-state index in [-0.39, 0.29) is 5.91 Å². The lowest BCUT2D eigenvalue weighted by molar-refractivity contribution is 0.0833. The number of hydrogen-bond acceptors (Lipinski definition) is 5. The molecule has 0 bridgehead atoms. The highest BCUT2D eigenvalue weighted by Gasteiger charge is 2.25. The zero-order chi connectivity index (χ0) is 15.6. The number of anilines is 2.